The van der Waals surface area contributed by atoms with E-state index < -0.39 is 0 Å². The van der Waals surface area contributed by atoms with Gasteiger partial charge in [0.25, 0.3) is 0 Å². The summed E-state index contributed by atoms with van der Waals surface area (Å²) in [4.78, 5) is 1.53. The van der Waals surface area contributed by atoms with E-state index in [1.165, 1.54) is 16.0 Å². The van der Waals surface area contributed by atoms with Crippen molar-refractivity contribution in [3.8, 4) is 17.6 Å². The van der Waals surface area contributed by atoms with Gasteiger partial charge in [0.15, 0.2) is 0 Å². The number of rotatable bonds is 3. The molecule has 0 spiro atoms. The maximum atomic E-state index is 5.83. The van der Waals surface area contributed by atoms with Gasteiger partial charge in [0.1, 0.15) is 25.4 Å². The van der Waals surface area contributed by atoms with Crippen molar-refractivity contribution in [3.05, 3.63) is 64.7 Å². The van der Waals surface area contributed by atoms with E-state index >= 15 is 0 Å². The molecule has 1 aliphatic heterocycles. The van der Waals surface area contributed by atoms with Gasteiger partial charge in [-0.3, -0.25) is 0 Å². The number of quaternary nitrogens is 1. The molecule has 1 aliphatic rings. The van der Waals surface area contributed by atoms with Gasteiger partial charge in [-0.2, -0.15) is 0 Å². The minimum Gasteiger partial charge on any atom is -0.481 e. The minimum atomic E-state index is 0.422. The highest BCUT2D eigenvalue weighted by atomic mass is 35.5. The van der Waals surface area contributed by atoms with E-state index in [-0.39, 0.29) is 0 Å². The van der Waals surface area contributed by atoms with Crippen molar-refractivity contribution in [1.82, 2.24) is 0 Å². The van der Waals surface area contributed by atoms with E-state index in [1.807, 2.05) is 24.3 Å². The van der Waals surface area contributed by atoms with Crippen LogP contribution in [0.2, 0.25) is 5.02 Å². The molecular formula is C19H19ClNO+. The first-order chi connectivity index (χ1) is 10.8. The van der Waals surface area contributed by atoms with Crippen LogP contribution in [0.5, 0.6) is 5.75 Å². The average molecular weight is 313 g/mol. The number of nitrogens with one attached hydrogen (secondary N) is 1. The van der Waals surface area contributed by atoms with Gasteiger partial charge in [-0.1, -0.05) is 41.8 Å². The molecule has 112 valence electrons. The Balaban J connectivity index is 1.45. The minimum absolute atomic E-state index is 0.422. The fourth-order valence-electron chi connectivity index (χ4n) is 2.68. The Kier molecular flexibility index (Phi) is 5.00. The van der Waals surface area contributed by atoms with Gasteiger partial charge >= 0.3 is 0 Å². The lowest BCUT2D eigenvalue weighted by Gasteiger charge is -2.24. The van der Waals surface area contributed by atoms with Crippen molar-refractivity contribution in [2.45, 2.75) is 13.0 Å². The first-order valence-electron chi connectivity index (χ1n) is 7.56. The fourth-order valence-corrected chi connectivity index (χ4v) is 2.81. The molecule has 1 heterocycles. The summed E-state index contributed by atoms with van der Waals surface area (Å²) >= 11 is 5.83. The predicted molar refractivity (Wildman–Crippen MR) is 89.3 cm³/mol. The van der Waals surface area contributed by atoms with Crippen LogP contribution >= 0.6 is 11.6 Å². The largest absolute Gasteiger partial charge is 0.481 e. The van der Waals surface area contributed by atoms with Gasteiger partial charge in [-0.15, -0.1) is 0 Å². The van der Waals surface area contributed by atoms with Crippen LogP contribution in [0, 0.1) is 11.8 Å². The first kappa shape index (κ1) is 15.0. The third-order valence-electron chi connectivity index (χ3n) is 3.89. The summed E-state index contributed by atoms with van der Waals surface area (Å²) in [5.74, 6) is 7.13. The monoisotopic (exact) mass is 312 g/mol. The van der Waals surface area contributed by atoms with Crippen molar-refractivity contribution in [2.24, 2.45) is 0 Å². The SMILES string of the molecule is Clc1ccc(OCC#CC[NH+]2CCc3ccccc3C2)cc1. The summed E-state index contributed by atoms with van der Waals surface area (Å²) in [5, 5.41) is 0.715. The van der Waals surface area contributed by atoms with Crippen molar-refractivity contribution >= 4 is 11.6 Å². The molecule has 2 aromatic carbocycles. The molecule has 2 nitrogen and oxygen atoms in total. The number of ether oxygens (including phenoxy) is 1. The van der Waals surface area contributed by atoms with Crippen LogP contribution in [0.4, 0.5) is 0 Å². The lowest BCUT2D eigenvalue weighted by atomic mass is 10.0. The smallest absolute Gasteiger partial charge is 0.149 e. The Morgan fingerprint density at radius 3 is 2.59 bits per heavy atom. The zero-order valence-corrected chi connectivity index (χ0v) is 13.2. The maximum Gasteiger partial charge on any atom is 0.149 e. The molecule has 1 unspecified atom stereocenters. The lowest BCUT2D eigenvalue weighted by molar-refractivity contribution is -0.908. The van der Waals surface area contributed by atoms with Crippen molar-refractivity contribution in [3.63, 3.8) is 0 Å². The van der Waals surface area contributed by atoms with Crippen LogP contribution < -0.4 is 9.64 Å². The fraction of sp³-hybridized carbons (Fsp3) is 0.263. The molecule has 0 radical (unpaired) electrons. The quantitative estimate of drug-likeness (QED) is 0.859. The molecule has 1 N–H and O–H groups in total. The summed E-state index contributed by atoms with van der Waals surface area (Å²) < 4.78 is 5.57. The second kappa shape index (κ2) is 7.35. The van der Waals surface area contributed by atoms with Crippen LogP contribution in [0.15, 0.2) is 48.5 Å². The molecule has 1 atom stereocenters. The van der Waals surface area contributed by atoms with Crippen LogP contribution in [0.25, 0.3) is 0 Å². The molecule has 3 rings (SSSR count). The molecule has 0 saturated heterocycles. The van der Waals surface area contributed by atoms with Crippen molar-refractivity contribution < 1.29 is 9.64 Å². The second-order valence-corrected chi connectivity index (χ2v) is 5.90. The molecule has 0 fully saturated rings. The zero-order chi connectivity index (χ0) is 15.2. The summed E-state index contributed by atoms with van der Waals surface area (Å²) in [6, 6.07) is 16.1. The Morgan fingerprint density at radius 2 is 1.77 bits per heavy atom. The molecule has 0 aromatic heterocycles. The van der Waals surface area contributed by atoms with Crippen LogP contribution in [0.1, 0.15) is 11.1 Å². The Hall–Kier alpha value is -1.95. The Morgan fingerprint density at radius 1 is 1.00 bits per heavy atom. The normalized spacial score (nSPS) is 16.3. The molecule has 0 bridgehead atoms. The Labute approximate surface area is 136 Å². The summed E-state index contributed by atoms with van der Waals surface area (Å²) in [5.41, 5.74) is 2.95. The topological polar surface area (TPSA) is 13.7 Å². The van der Waals surface area contributed by atoms with Crippen LogP contribution in [-0.4, -0.2) is 19.7 Å². The van der Waals surface area contributed by atoms with Gasteiger partial charge in [0.05, 0.1) is 6.54 Å². The third-order valence-corrected chi connectivity index (χ3v) is 4.15. The number of hydrogen-bond acceptors (Lipinski definition) is 1. The van der Waals surface area contributed by atoms with Crippen molar-refractivity contribution in [2.75, 3.05) is 19.7 Å². The average Bonchev–Trinajstić information content (AvgIpc) is 2.56. The van der Waals surface area contributed by atoms with E-state index in [9.17, 15) is 0 Å². The molecule has 3 heteroatoms. The molecule has 0 saturated carbocycles. The van der Waals surface area contributed by atoms with Gasteiger partial charge in [-0.05, 0) is 35.7 Å². The highest BCUT2D eigenvalue weighted by Crippen LogP contribution is 2.15. The third kappa shape index (κ3) is 4.04. The van der Waals surface area contributed by atoms with E-state index in [0.29, 0.717) is 11.6 Å². The predicted octanol–water partition coefficient (Wildman–Crippen LogP) is 2.36. The zero-order valence-electron chi connectivity index (χ0n) is 12.4. The number of halogens is 1. The first-order valence-corrected chi connectivity index (χ1v) is 7.93. The molecule has 0 amide bonds. The number of hydrogen-bond donors (Lipinski definition) is 1. The highest BCUT2D eigenvalue weighted by Gasteiger charge is 2.17. The van der Waals surface area contributed by atoms with E-state index in [4.69, 9.17) is 16.3 Å². The van der Waals surface area contributed by atoms with Crippen molar-refractivity contribution in [1.29, 1.82) is 0 Å². The molecular weight excluding hydrogens is 294 g/mol. The second-order valence-electron chi connectivity index (χ2n) is 5.47. The number of fused-ring (bicyclic) bond motifs is 1. The lowest BCUT2D eigenvalue weighted by Crippen LogP contribution is -3.11. The van der Waals surface area contributed by atoms with E-state index in [0.717, 1.165) is 31.8 Å². The highest BCUT2D eigenvalue weighted by molar-refractivity contribution is 6.30. The van der Waals surface area contributed by atoms with Gasteiger partial charge in [0.2, 0.25) is 0 Å². The standard InChI is InChI=1S/C19H18ClNO/c20-18-7-9-19(10-8-18)22-14-4-3-12-21-13-11-16-5-1-2-6-17(16)15-21/h1-2,5-10H,11-15H2/p+1. The summed E-state index contributed by atoms with van der Waals surface area (Å²) in [7, 11) is 0. The van der Waals surface area contributed by atoms with E-state index in [1.54, 1.807) is 0 Å². The molecule has 2 aromatic rings. The van der Waals surface area contributed by atoms with Crippen LogP contribution in [0.3, 0.4) is 0 Å². The van der Waals surface area contributed by atoms with Crippen LogP contribution in [-0.2, 0) is 13.0 Å². The summed E-state index contributed by atoms with van der Waals surface area (Å²) in [6.07, 6.45) is 1.15. The van der Waals surface area contributed by atoms with E-state index in [2.05, 4.69) is 36.1 Å². The van der Waals surface area contributed by atoms with Gasteiger partial charge < -0.3 is 9.64 Å². The molecule has 22 heavy (non-hydrogen) atoms. The maximum absolute atomic E-state index is 5.83. The number of benzene rings is 2. The Bertz CT molecular complexity index is 685. The molecule has 0 aliphatic carbocycles. The van der Waals surface area contributed by atoms with Gasteiger partial charge in [-0.25, -0.2) is 0 Å². The van der Waals surface area contributed by atoms with Gasteiger partial charge in [0, 0.05) is 17.0 Å². The summed E-state index contributed by atoms with van der Waals surface area (Å²) in [6.45, 7) is 3.52.